The molecule has 0 unspecified atom stereocenters. The van der Waals surface area contributed by atoms with Crippen LogP contribution >= 0.6 is 0 Å². The molecule has 3 heteroatoms. The SMILES string of the molecule is CC(C)CC(=O)N(CCO)C1CCC1. The topological polar surface area (TPSA) is 40.5 Å². The van der Waals surface area contributed by atoms with Crippen LogP contribution in [0.15, 0.2) is 0 Å². The second-order valence-electron chi connectivity index (χ2n) is 4.49. The van der Waals surface area contributed by atoms with E-state index in [9.17, 15) is 4.79 Å². The van der Waals surface area contributed by atoms with E-state index in [0.29, 0.717) is 24.9 Å². The maximum Gasteiger partial charge on any atom is 0.223 e. The zero-order chi connectivity index (χ0) is 10.6. The van der Waals surface area contributed by atoms with Gasteiger partial charge in [-0.1, -0.05) is 13.8 Å². The number of amides is 1. The Balaban J connectivity index is 2.43. The van der Waals surface area contributed by atoms with Crippen LogP contribution in [0.2, 0.25) is 0 Å². The predicted molar refractivity (Wildman–Crippen MR) is 55.9 cm³/mol. The molecule has 1 aliphatic rings. The summed E-state index contributed by atoms with van der Waals surface area (Å²) in [6.07, 6.45) is 4.06. The molecule has 0 spiro atoms. The molecule has 0 saturated heterocycles. The third-order valence-electron chi connectivity index (χ3n) is 2.76. The number of nitrogens with zero attached hydrogens (tertiary/aromatic N) is 1. The molecule has 0 aromatic carbocycles. The normalized spacial score (nSPS) is 16.9. The lowest BCUT2D eigenvalue weighted by Gasteiger charge is -2.37. The van der Waals surface area contributed by atoms with Crippen LogP contribution < -0.4 is 0 Å². The van der Waals surface area contributed by atoms with Crippen LogP contribution in [0.25, 0.3) is 0 Å². The van der Waals surface area contributed by atoms with E-state index in [1.165, 1.54) is 6.42 Å². The Hall–Kier alpha value is -0.570. The van der Waals surface area contributed by atoms with E-state index in [0.717, 1.165) is 12.8 Å². The Morgan fingerprint density at radius 2 is 2.14 bits per heavy atom. The summed E-state index contributed by atoms with van der Waals surface area (Å²) in [5.74, 6) is 0.613. The van der Waals surface area contributed by atoms with Crippen molar-refractivity contribution in [1.29, 1.82) is 0 Å². The van der Waals surface area contributed by atoms with Crippen molar-refractivity contribution >= 4 is 5.91 Å². The summed E-state index contributed by atoms with van der Waals surface area (Å²) < 4.78 is 0. The van der Waals surface area contributed by atoms with Gasteiger partial charge >= 0.3 is 0 Å². The second-order valence-corrected chi connectivity index (χ2v) is 4.49. The maximum atomic E-state index is 11.8. The second kappa shape index (κ2) is 5.35. The highest BCUT2D eigenvalue weighted by atomic mass is 16.3. The minimum absolute atomic E-state index is 0.0837. The molecule has 3 nitrogen and oxygen atoms in total. The van der Waals surface area contributed by atoms with Crippen LogP contribution in [0.3, 0.4) is 0 Å². The molecule has 82 valence electrons. The summed E-state index contributed by atoms with van der Waals surface area (Å²) in [6, 6.07) is 0.411. The van der Waals surface area contributed by atoms with E-state index in [1.54, 1.807) is 0 Å². The van der Waals surface area contributed by atoms with Crippen molar-refractivity contribution in [3.8, 4) is 0 Å². The van der Waals surface area contributed by atoms with Gasteiger partial charge in [0, 0.05) is 19.0 Å². The first-order chi connectivity index (χ1) is 6.65. The number of aliphatic hydroxyl groups excluding tert-OH is 1. The highest BCUT2D eigenvalue weighted by Crippen LogP contribution is 2.25. The third kappa shape index (κ3) is 2.98. The molecule has 1 rings (SSSR count). The zero-order valence-corrected chi connectivity index (χ0v) is 9.20. The molecule has 1 aliphatic carbocycles. The number of hydrogen-bond donors (Lipinski definition) is 1. The van der Waals surface area contributed by atoms with Gasteiger partial charge in [-0.05, 0) is 25.2 Å². The summed E-state index contributed by atoms with van der Waals surface area (Å²) in [5.41, 5.74) is 0. The minimum Gasteiger partial charge on any atom is -0.395 e. The largest absolute Gasteiger partial charge is 0.395 e. The molecule has 0 atom stereocenters. The summed E-state index contributed by atoms with van der Waals surface area (Å²) in [5, 5.41) is 8.89. The highest BCUT2D eigenvalue weighted by molar-refractivity contribution is 5.76. The number of hydrogen-bond acceptors (Lipinski definition) is 2. The van der Waals surface area contributed by atoms with Gasteiger partial charge in [-0.2, -0.15) is 0 Å². The standard InChI is InChI=1S/C11H21NO2/c1-9(2)8-11(14)12(6-7-13)10-4-3-5-10/h9-10,13H,3-8H2,1-2H3. The monoisotopic (exact) mass is 199 g/mol. The Kier molecular flexibility index (Phi) is 4.39. The van der Waals surface area contributed by atoms with Crippen molar-refractivity contribution in [3.63, 3.8) is 0 Å². The molecule has 1 amide bonds. The number of rotatable bonds is 5. The van der Waals surface area contributed by atoms with Crippen molar-refractivity contribution in [3.05, 3.63) is 0 Å². The van der Waals surface area contributed by atoms with E-state index in [2.05, 4.69) is 13.8 Å². The molecule has 14 heavy (non-hydrogen) atoms. The zero-order valence-electron chi connectivity index (χ0n) is 9.20. The first-order valence-corrected chi connectivity index (χ1v) is 5.55. The number of carbonyl (C=O) groups excluding carboxylic acids is 1. The van der Waals surface area contributed by atoms with Gasteiger partial charge in [-0.15, -0.1) is 0 Å². The molecule has 0 aromatic heterocycles. The Bertz CT molecular complexity index is 188. The van der Waals surface area contributed by atoms with E-state index >= 15 is 0 Å². The van der Waals surface area contributed by atoms with Gasteiger partial charge in [0.1, 0.15) is 0 Å². The Morgan fingerprint density at radius 3 is 2.50 bits per heavy atom. The van der Waals surface area contributed by atoms with E-state index in [1.807, 2.05) is 4.90 Å². The number of carbonyl (C=O) groups is 1. The molecule has 0 aromatic rings. The van der Waals surface area contributed by atoms with Gasteiger partial charge in [-0.25, -0.2) is 0 Å². The van der Waals surface area contributed by atoms with Gasteiger partial charge < -0.3 is 10.0 Å². The van der Waals surface area contributed by atoms with Gasteiger partial charge in [-0.3, -0.25) is 4.79 Å². The third-order valence-corrected chi connectivity index (χ3v) is 2.76. The summed E-state index contributed by atoms with van der Waals surface area (Å²) in [4.78, 5) is 13.7. The fourth-order valence-corrected chi connectivity index (χ4v) is 1.78. The molecule has 0 radical (unpaired) electrons. The van der Waals surface area contributed by atoms with Gasteiger partial charge in [0.25, 0.3) is 0 Å². The van der Waals surface area contributed by atoms with Crippen LogP contribution in [-0.2, 0) is 4.79 Å². The lowest BCUT2D eigenvalue weighted by Crippen LogP contribution is -2.45. The van der Waals surface area contributed by atoms with Crippen LogP contribution in [0, 0.1) is 5.92 Å². The number of aliphatic hydroxyl groups is 1. The van der Waals surface area contributed by atoms with Gasteiger partial charge in [0.2, 0.25) is 5.91 Å². The van der Waals surface area contributed by atoms with Crippen LogP contribution in [0.1, 0.15) is 39.5 Å². The van der Waals surface area contributed by atoms with Gasteiger partial charge in [0.15, 0.2) is 0 Å². The molecular formula is C11H21NO2. The summed E-state index contributed by atoms with van der Waals surface area (Å²) >= 11 is 0. The first kappa shape index (κ1) is 11.5. The Morgan fingerprint density at radius 1 is 1.50 bits per heavy atom. The fourth-order valence-electron chi connectivity index (χ4n) is 1.78. The summed E-state index contributed by atoms with van der Waals surface area (Å²) in [6.45, 7) is 4.70. The first-order valence-electron chi connectivity index (χ1n) is 5.55. The van der Waals surface area contributed by atoms with Crippen molar-refractivity contribution < 1.29 is 9.90 Å². The van der Waals surface area contributed by atoms with Crippen LogP contribution in [-0.4, -0.2) is 35.1 Å². The average molecular weight is 199 g/mol. The lowest BCUT2D eigenvalue weighted by molar-refractivity contribution is -0.136. The molecule has 0 heterocycles. The Labute approximate surface area is 86.1 Å². The minimum atomic E-state index is 0.0837. The fraction of sp³-hybridized carbons (Fsp3) is 0.909. The van der Waals surface area contributed by atoms with Gasteiger partial charge in [0.05, 0.1) is 6.61 Å². The highest BCUT2D eigenvalue weighted by Gasteiger charge is 2.28. The lowest BCUT2D eigenvalue weighted by atomic mass is 9.91. The predicted octanol–water partition coefficient (Wildman–Crippen LogP) is 1.41. The quantitative estimate of drug-likeness (QED) is 0.727. The molecule has 1 N–H and O–H groups in total. The van der Waals surface area contributed by atoms with E-state index in [4.69, 9.17) is 5.11 Å². The smallest absolute Gasteiger partial charge is 0.223 e. The molecular weight excluding hydrogens is 178 g/mol. The molecule has 1 saturated carbocycles. The van der Waals surface area contributed by atoms with Crippen molar-refractivity contribution in [2.75, 3.05) is 13.2 Å². The average Bonchev–Trinajstić information content (AvgIpc) is 1.98. The van der Waals surface area contributed by atoms with Crippen molar-refractivity contribution in [2.24, 2.45) is 5.92 Å². The molecule has 0 aliphatic heterocycles. The molecule has 0 bridgehead atoms. The van der Waals surface area contributed by atoms with E-state index < -0.39 is 0 Å². The maximum absolute atomic E-state index is 11.8. The van der Waals surface area contributed by atoms with Crippen molar-refractivity contribution in [1.82, 2.24) is 4.90 Å². The summed E-state index contributed by atoms with van der Waals surface area (Å²) in [7, 11) is 0. The van der Waals surface area contributed by atoms with Crippen LogP contribution in [0.5, 0.6) is 0 Å². The van der Waals surface area contributed by atoms with E-state index in [-0.39, 0.29) is 12.5 Å². The molecule has 1 fully saturated rings. The van der Waals surface area contributed by atoms with Crippen LogP contribution in [0.4, 0.5) is 0 Å². The van der Waals surface area contributed by atoms with Crippen molar-refractivity contribution in [2.45, 2.75) is 45.6 Å².